The van der Waals surface area contributed by atoms with Crippen molar-refractivity contribution in [2.45, 2.75) is 33.1 Å². The van der Waals surface area contributed by atoms with Crippen LogP contribution in [0.3, 0.4) is 0 Å². The summed E-state index contributed by atoms with van der Waals surface area (Å²) >= 11 is 0. The second-order valence-electron chi connectivity index (χ2n) is 5.45. The Kier molecular flexibility index (Phi) is 5.72. The normalized spacial score (nSPS) is 13.1. The SMILES string of the molecule is CCNc1cc(NCCS(C)=O)nc(C(C)(C)C)n1. The molecular weight excluding hydrogens is 260 g/mol. The third-order valence-electron chi connectivity index (χ3n) is 2.45. The Labute approximate surface area is 118 Å². The predicted molar refractivity (Wildman–Crippen MR) is 82.3 cm³/mol. The highest BCUT2D eigenvalue weighted by molar-refractivity contribution is 7.84. The van der Waals surface area contributed by atoms with Crippen molar-refractivity contribution < 1.29 is 4.21 Å². The molecule has 108 valence electrons. The molecule has 1 heterocycles. The van der Waals surface area contributed by atoms with Crippen molar-refractivity contribution in [2.24, 2.45) is 0 Å². The lowest BCUT2D eigenvalue weighted by molar-refractivity contribution is 0.546. The molecule has 0 saturated carbocycles. The third-order valence-corrected chi connectivity index (χ3v) is 3.23. The molecule has 0 amide bonds. The van der Waals surface area contributed by atoms with E-state index in [1.807, 2.05) is 13.0 Å². The maximum absolute atomic E-state index is 11.1. The minimum Gasteiger partial charge on any atom is -0.370 e. The molecule has 0 aliphatic rings. The van der Waals surface area contributed by atoms with Gasteiger partial charge in [-0.3, -0.25) is 4.21 Å². The smallest absolute Gasteiger partial charge is 0.138 e. The lowest BCUT2D eigenvalue weighted by Crippen LogP contribution is -2.19. The van der Waals surface area contributed by atoms with Crippen molar-refractivity contribution >= 4 is 22.4 Å². The summed E-state index contributed by atoms with van der Waals surface area (Å²) < 4.78 is 11.1. The molecule has 1 aromatic rings. The molecule has 0 aromatic carbocycles. The Bertz CT molecular complexity index is 443. The van der Waals surface area contributed by atoms with Gasteiger partial charge in [-0.2, -0.15) is 0 Å². The number of hydrogen-bond acceptors (Lipinski definition) is 5. The molecule has 1 rings (SSSR count). The number of rotatable bonds is 6. The van der Waals surface area contributed by atoms with Crippen molar-refractivity contribution in [3.8, 4) is 0 Å². The van der Waals surface area contributed by atoms with Gasteiger partial charge in [0.2, 0.25) is 0 Å². The fourth-order valence-electron chi connectivity index (χ4n) is 1.47. The van der Waals surface area contributed by atoms with Crippen molar-refractivity contribution in [3.05, 3.63) is 11.9 Å². The van der Waals surface area contributed by atoms with Gasteiger partial charge in [-0.15, -0.1) is 0 Å². The Morgan fingerprint density at radius 2 is 1.79 bits per heavy atom. The number of hydrogen-bond donors (Lipinski definition) is 2. The molecule has 6 heteroatoms. The quantitative estimate of drug-likeness (QED) is 0.836. The first-order chi connectivity index (χ1) is 8.82. The minimum absolute atomic E-state index is 0.102. The molecular formula is C13H24N4OS. The van der Waals surface area contributed by atoms with Gasteiger partial charge in [0.25, 0.3) is 0 Å². The van der Waals surface area contributed by atoms with Crippen molar-refractivity contribution in [1.29, 1.82) is 0 Å². The van der Waals surface area contributed by atoms with Gasteiger partial charge in [-0.05, 0) is 6.92 Å². The van der Waals surface area contributed by atoms with Crippen LogP contribution in [0.15, 0.2) is 6.07 Å². The van der Waals surface area contributed by atoms with Crippen LogP contribution in [0, 0.1) is 0 Å². The van der Waals surface area contributed by atoms with E-state index in [2.05, 4.69) is 41.4 Å². The van der Waals surface area contributed by atoms with E-state index < -0.39 is 10.8 Å². The largest absolute Gasteiger partial charge is 0.370 e. The van der Waals surface area contributed by atoms with Crippen LogP contribution in [0.4, 0.5) is 11.6 Å². The number of nitrogens with zero attached hydrogens (tertiary/aromatic N) is 2. The fraction of sp³-hybridized carbons (Fsp3) is 0.692. The molecule has 0 fully saturated rings. The van der Waals surface area contributed by atoms with Gasteiger partial charge in [0, 0.05) is 47.4 Å². The summed E-state index contributed by atoms with van der Waals surface area (Å²) in [5, 5.41) is 6.41. The van der Waals surface area contributed by atoms with E-state index in [0.717, 1.165) is 24.0 Å². The Hall–Kier alpha value is -1.17. The highest BCUT2D eigenvalue weighted by Crippen LogP contribution is 2.22. The molecule has 0 aliphatic heterocycles. The van der Waals surface area contributed by atoms with E-state index in [-0.39, 0.29) is 5.41 Å². The average molecular weight is 284 g/mol. The van der Waals surface area contributed by atoms with Crippen LogP contribution in [0.5, 0.6) is 0 Å². The number of nitrogens with one attached hydrogen (secondary N) is 2. The Morgan fingerprint density at radius 3 is 2.26 bits per heavy atom. The number of aromatic nitrogens is 2. The molecule has 0 bridgehead atoms. The molecule has 1 atom stereocenters. The molecule has 2 N–H and O–H groups in total. The maximum atomic E-state index is 11.1. The van der Waals surface area contributed by atoms with Gasteiger partial charge in [0.1, 0.15) is 17.5 Å². The molecule has 5 nitrogen and oxygen atoms in total. The van der Waals surface area contributed by atoms with Crippen LogP contribution in [0.25, 0.3) is 0 Å². The monoisotopic (exact) mass is 284 g/mol. The average Bonchev–Trinajstić information content (AvgIpc) is 2.27. The summed E-state index contributed by atoms with van der Waals surface area (Å²) in [5.74, 6) is 3.01. The predicted octanol–water partition coefficient (Wildman–Crippen LogP) is 2.00. The highest BCUT2D eigenvalue weighted by atomic mass is 32.2. The van der Waals surface area contributed by atoms with Crippen LogP contribution in [0.2, 0.25) is 0 Å². The first-order valence-electron chi connectivity index (χ1n) is 6.50. The third kappa shape index (κ3) is 5.55. The molecule has 19 heavy (non-hydrogen) atoms. The standard InChI is InChI=1S/C13H24N4OS/c1-6-14-10-9-11(15-7-8-19(5)18)17-12(16-10)13(2,3)4/h9H,6-8H2,1-5H3,(H2,14,15,16,17). The maximum Gasteiger partial charge on any atom is 0.138 e. The summed E-state index contributed by atoms with van der Waals surface area (Å²) in [6.45, 7) is 9.76. The number of anilines is 2. The zero-order chi connectivity index (χ0) is 14.5. The zero-order valence-electron chi connectivity index (χ0n) is 12.4. The molecule has 0 saturated heterocycles. The van der Waals surface area contributed by atoms with E-state index in [1.54, 1.807) is 6.26 Å². The molecule has 0 radical (unpaired) electrons. The minimum atomic E-state index is -0.792. The van der Waals surface area contributed by atoms with Crippen LogP contribution in [-0.2, 0) is 16.2 Å². The van der Waals surface area contributed by atoms with E-state index in [1.165, 1.54) is 0 Å². The van der Waals surface area contributed by atoms with E-state index in [9.17, 15) is 4.21 Å². The first kappa shape index (κ1) is 15.9. The first-order valence-corrected chi connectivity index (χ1v) is 8.23. The van der Waals surface area contributed by atoms with Crippen LogP contribution >= 0.6 is 0 Å². The zero-order valence-corrected chi connectivity index (χ0v) is 13.2. The van der Waals surface area contributed by atoms with Gasteiger partial charge in [-0.1, -0.05) is 20.8 Å². The van der Waals surface area contributed by atoms with Gasteiger partial charge < -0.3 is 10.6 Å². The van der Waals surface area contributed by atoms with E-state index >= 15 is 0 Å². The van der Waals surface area contributed by atoms with E-state index in [0.29, 0.717) is 12.3 Å². The van der Waals surface area contributed by atoms with Gasteiger partial charge in [0.15, 0.2) is 0 Å². The summed E-state index contributed by atoms with van der Waals surface area (Å²) in [6.07, 6.45) is 1.70. The second kappa shape index (κ2) is 6.84. The van der Waals surface area contributed by atoms with Crippen molar-refractivity contribution in [2.75, 3.05) is 35.7 Å². The molecule has 0 spiro atoms. The topological polar surface area (TPSA) is 66.9 Å². The van der Waals surface area contributed by atoms with Crippen LogP contribution in [-0.4, -0.2) is 39.3 Å². The van der Waals surface area contributed by atoms with Crippen molar-refractivity contribution in [1.82, 2.24) is 9.97 Å². The Morgan fingerprint density at radius 1 is 1.21 bits per heavy atom. The lowest BCUT2D eigenvalue weighted by atomic mass is 9.96. The summed E-state index contributed by atoms with van der Waals surface area (Å²) in [7, 11) is -0.792. The van der Waals surface area contributed by atoms with Gasteiger partial charge in [-0.25, -0.2) is 9.97 Å². The molecule has 0 aliphatic carbocycles. The van der Waals surface area contributed by atoms with Gasteiger partial charge in [0.05, 0.1) is 0 Å². The molecule has 1 unspecified atom stereocenters. The van der Waals surface area contributed by atoms with E-state index in [4.69, 9.17) is 0 Å². The second-order valence-corrected chi connectivity index (χ2v) is 7.00. The Balaban J connectivity index is 2.90. The summed E-state index contributed by atoms with van der Waals surface area (Å²) in [4.78, 5) is 9.04. The van der Waals surface area contributed by atoms with Gasteiger partial charge >= 0.3 is 0 Å². The lowest BCUT2D eigenvalue weighted by Gasteiger charge is -2.19. The van der Waals surface area contributed by atoms with Crippen LogP contribution < -0.4 is 10.6 Å². The van der Waals surface area contributed by atoms with Crippen LogP contribution in [0.1, 0.15) is 33.5 Å². The summed E-state index contributed by atoms with van der Waals surface area (Å²) in [5.41, 5.74) is -0.102. The summed E-state index contributed by atoms with van der Waals surface area (Å²) in [6, 6.07) is 1.89. The highest BCUT2D eigenvalue weighted by Gasteiger charge is 2.19. The van der Waals surface area contributed by atoms with Crippen molar-refractivity contribution in [3.63, 3.8) is 0 Å². The fourth-order valence-corrected chi connectivity index (χ4v) is 1.86. The molecule has 1 aromatic heterocycles.